The first-order valence-electron chi connectivity index (χ1n) is 10.2. The summed E-state index contributed by atoms with van der Waals surface area (Å²) in [5.74, 6) is 0. The Morgan fingerprint density at radius 3 is 1.12 bits per heavy atom. The van der Waals surface area contributed by atoms with Gasteiger partial charge in [0.25, 0.3) is 0 Å². The molecule has 0 radical (unpaired) electrons. The van der Waals surface area contributed by atoms with Crippen LogP contribution in [-0.4, -0.2) is 5.66 Å². The first-order valence-corrected chi connectivity index (χ1v) is 15.4. The van der Waals surface area contributed by atoms with E-state index in [1.54, 1.807) is 0 Å². The maximum absolute atomic E-state index is 4.70. The molecule has 32 heavy (non-hydrogen) atoms. The topological polar surface area (TPSA) is 0 Å². The van der Waals surface area contributed by atoms with E-state index in [1.807, 2.05) is 0 Å². The van der Waals surface area contributed by atoms with E-state index in [2.05, 4.69) is 135 Å². The van der Waals surface area contributed by atoms with Crippen LogP contribution in [0.1, 0.15) is 13.8 Å². The van der Waals surface area contributed by atoms with Crippen LogP contribution in [0.25, 0.3) is 0 Å². The average Bonchev–Trinajstić information content (AvgIpc) is 2.83. The number of hydrogen-bond acceptors (Lipinski definition) is 0. The van der Waals surface area contributed by atoms with E-state index in [4.69, 9.17) is 20.4 Å². The number of benzene rings is 4. The van der Waals surface area contributed by atoms with Crippen molar-refractivity contribution in [3.8, 4) is 0 Å². The summed E-state index contributed by atoms with van der Waals surface area (Å²) in [7, 11) is 9.97. The molecule has 0 N–H and O–H groups in total. The predicted octanol–water partition coefficient (Wildman–Crippen LogP) is 7.22. The quantitative estimate of drug-likeness (QED) is 0.184. The smallest absolute Gasteiger partial charge is 0.0226 e. The van der Waals surface area contributed by atoms with Crippen LogP contribution in [0.4, 0.5) is 0 Å². The molecular formula is C27H28Cl2NiP2. The fourth-order valence-electron chi connectivity index (χ4n) is 3.13. The van der Waals surface area contributed by atoms with Crippen LogP contribution < -0.4 is 21.2 Å². The zero-order valence-electron chi connectivity index (χ0n) is 18.1. The Bertz CT molecular complexity index is 892. The Morgan fingerprint density at radius 2 is 0.844 bits per heavy atom. The van der Waals surface area contributed by atoms with E-state index in [0.717, 1.165) is 8.58 Å². The van der Waals surface area contributed by atoms with Crippen molar-refractivity contribution in [1.29, 1.82) is 0 Å². The van der Waals surface area contributed by atoms with Crippen LogP contribution in [-0.2, 0) is 12.7 Å². The monoisotopic (exact) mass is 542 g/mol. The summed E-state index contributed by atoms with van der Waals surface area (Å²) >= 11 is 0.569. The summed E-state index contributed by atoms with van der Waals surface area (Å²) in [6.45, 7) is 4.62. The van der Waals surface area contributed by atoms with Crippen LogP contribution in [0, 0.1) is 0 Å². The van der Waals surface area contributed by atoms with E-state index in [1.165, 1.54) is 21.2 Å². The van der Waals surface area contributed by atoms with Gasteiger partial charge in [0.15, 0.2) is 0 Å². The summed E-state index contributed by atoms with van der Waals surface area (Å²) in [5.41, 5.74) is 0.680. The summed E-state index contributed by atoms with van der Waals surface area (Å²) in [4.78, 5) is 0. The fraction of sp³-hybridized carbons (Fsp3) is 0.111. The molecule has 4 rings (SSSR count). The van der Waals surface area contributed by atoms with Gasteiger partial charge in [0.1, 0.15) is 0 Å². The van der Waals surface area contributed by atoms with Crippen molar-refractivity contribution in [2.24, 2.45) is 0 Å². The summed E-state index contributed by atoms with van der Waals surface area (Å²) in [5, 5.41) is 5.74. The second kappa shape index (κ2) is 16.4. The molecule has 5 heteroatoms. The minimum Gasteiger partial charge on any atom is -0.0622 e. The van der Waals surface area contributed by atoms with Gasteiger partial charge < -0.3 is 0 Å². The van der Waals surface area contributed by atoms with Gasteiger partial charge in [0, 0.05) is 0 Å². The summed E-state index contributed by atoms with van der Waals surface area (Å²) in [6.07, 6.45) is 0. The molecule has 0 nitrogen and oxygen atoms in total. The van der Waals surface area contributed by atoms with Gasteiger partial charge in [-0.15, -0.1) is 0 Å². The Hall–Kier alpha value is -1.19. The SMILES string of the molecule is CC(C)P(c1ccccc1)c1ccccc1.[Cl][Ni][Cl].c1ccc(Pc2ccccc2)cc1. The maximum Gasteiger partial charge on any atom is -0.0226 e. The maximum atomic E-state index is 4.70. The van der Waals surface area contributed by atoms with Crippen molar-refractivity contribution in [3.63, 3.8) is 0 Å². The van der Waals surface area contributed by atoms with Gasteiger partial charge in [-0.2, -0.15) is 0 Å². The molecule has 0 unspecified atom stereocenters. The van der Waals surface area contributed by atoms with Crippen molar-refractivity contribution < 1.29 is 12.7 Å². The molecule has 0 bridgehead atoms. The van der Waals surface area contributed by atoms with E-state index in [0.29, 0.717) is 18.3 Å². The minimum atomic E-state index is -0.210. The molecule has 0 heterocycles. The molecule has 0 aliphatic rings. The van der Waals surface area contributed by atoms with Gasteiger partial charge in [-0.05, 0) is 34.8 Å². The van der Waals surface area contributed by atoms with Crippen LogP contribution in [0.3, 0.4) is 0 Å². The minimum absolute atomic E-state index is 0.210. The molecule has 4 aromatic carbocycles. The molecule has 0 aliphatic heterocycles. The Balaban J connectivity index is 0.000000206. The molecular weight excluding hydrogens is 516 g/mol. The first kappa shape index (κ1) is 27.1. The number of rotatable bonds is 5. The van der Waals surface area contributed by atoms with Gasteiger partial charge in [0.05, 0.1) is 0 Å². The van der Waals surface area contributed by atoms with Crippen LogP contribution in [0.5, 0.6) is 0 Å². The van der Waals surface area contributed by atoms with Crippen molar-refractivity contribution in [2.45, 2.75) is 19.5 Å². The van der Waals surface area contributed by atoms with Crippen molar-refractivity contribution in [2.75, 3.05) is 0 Å². The van der Waals surface area contributed by atoms with Gasteiger partial charge in [-0.25, -0.2) is 0 Å². The van der Waals surface area contributed by atoms with E-state index in [-0.39, 0.29) is 7.92 Å². The molecule has 0 spiro atoms. The van der Waals surface area contributed by atoms with Crippen LogP contribution in [0.15, 0.2) is 121 Å². The van der Waals surface area contributed by atoms with E-state index >= 15 is 0 Å². The molecule has 170 valence electrons. The summed E-state index contributed by atoms with van der Waals surface area (Å²) in [6, 6.07) is 42.9. The van der Waals surface area contributed by atoms with Crippen molar-refractivity contribution >= 4 is 58.1 Å². The molecule has 0 saturated carbocycles. The molecule has 0 atom stereocenters. The largest absolute Gasteiger partial charge is 0.0622 e. The van der Waals surface area contributed by atoms with Crippen LogP contribution >= 0.6 is 36.9 Å². The van der Waals surface area contributed by atoms with Gasteiger partial charge >= 0.3 is 33.0 Å². The third-order valence-electron chi connectivity index (χ3n) is 4.42. The Morgan fingerprint density at radius 1 is 0.562 bits per heavy atom. The Kier molecular flexibility index (Phi) is 13.9. The zero-order valence-corrected chi connectivity index (χ0v) is 22.5. The fourth-order valence-corrected chi connectivity index (χ4v) is 6.66. The third-order valence-corrected chi connectivity index (χ3v) is 8.41. The Labute approximate surface area is 210 Å². The van der Waals surface area contributed by atoms with Gasteiger partial charge in [0.2, 0.25) is 0 Å². The zero-order chi connectivity index (χ0) is 23.0. The molecule has 0 amide bonds. The summed E-state index contributed by atoms with van der Waals surface area (Å²) < 4.78 is 0. The normalized spacial score (nSPS) is 10.2. The molecule has 0 aliphatic carbocycles. The average molecular weight is 544 g/mol. The standard InChI is InChI=1S/C15H17P.C12H11P.2ClH.Ni/c1-13(2)16(14-9-5-3-6-10-14)15-11-7-4-8-12-15;1-3-7-11(8-4-1)13-12-9-5-2-6-10-12;;;/h3-13H,1-2H3;1-10,13H;2*1H;/q;;;;+2/p-2. The van der Waals surface area contributed by atoms with Crippen molar-refractivity contribution in [3.05, 3.63) is 121 Å². The number of halogens is 2. The molecule has 4 aromatic rings. The third kappa shape index (κ3) is 10.2. The molecule has 0 fully saturated rings. The van der Waals surface area contributed by atoms with E-state index in [9.17, 15) is 0 Å². The second-order valence-corrected chi connectivity index (χ2v) is 12.9. The van der Waals surface area contributed by atoms with Gasteiger partial charge in [-0.3, -0.25) is 0 Å². The second-order valence-electron chi connectivity index (χ2n) is 7.04. The molecule has 0 saturated heterocycles. The molecule has 0 aromatic heterocycles. The van der Waals surface area contributed by atoms with Gasteiger partial charge in [-0.1, -0.05) is 144 Å². The van der Waals surface area contributed by atoms with E-state index < -0.39 is 0 Å². The predicted molar refractivity (Wildman–Crippen MR) is 146 cm³/mol. The van der Waals surface area contributed by atoms with Crippen LogP contribution in [0.2, 0.25) is 0 Å². The first-order chi connectivity index (χ1) is 15.7. The number of hydrogen-bond donors (Lipinski definition) is 0. The van der Waals surface area contributed by atoms with Crippen molar-refractivity contribution in [1.82, 2.24) is 0 Å².